The Bertz CT molecular complexity index is 407. The molecule has 0 amide bonds. The first-order valence-corrected chi connectivity index (χ1v) is 6.29. The standard InChI is InChI=1S/C9H16N2O3S/c1-3-11(4-2)15(12,13)9-6-5-8(7-10)14-9/h5-6H,3-4,7,10H2,1-2H3. The molecule has 0 aliphatic heterocycles. The topological polar surface area (TPSA) is 76.5 Å². The van der Waals surface area contributed by atoms with Crippen molar-refractivity contribution in [2.24, 2.45) is 5.73 Å². The number of hydrogen-bond donors (Lipinski definition) is 1. The predicted octanol–water partition coefficient (Wildman–Crippen LogP) is 0.769. The van der Waals surface area contributed by atoms with E-state index in [2.05, 4.69) is 0 Å². The summed E-state index contributed by atoms with van der Waals surface area (Å²) >= 11 is 0. The predicted molar refractivity (Wildman–Crippen MR) is 56.7 cm³/mol. The Labute approximate surface area is 89.9 Å². The molecule has 1 aromatic rings. The van der Waals surface area contributed by atoms with Gasteiger partial charge in [-0.25, -0.2) is 8.42 Å². The highest BCUT2D eigenvalue weighted by molar-refractivity contribution is 7.89. The van der Waals surface area contributed by atoms with E-state index in [1.807, 2.05) is 0 Å². The van der Waals surface area contributed by atoms with Crippen molar-refractivity contribution in [3.05, 3.63) is 17.9 Å². The molecular formula is C9H16N2O3S. The van der Waals surface area contributed by atoms with Gasteiger partial charge in [0.1, 0.15) is 5.76 Å². The molecule has 6 heteroatoms. The molecule has 86 valence electrons. The van der Waals surface area contributed by atoms with E-state index < -0.39 is 10.0 Å². The van der Waals surface area contributed by atoms with Crippen molar-refractivity contribution in [1.82, 2.24) is 4.31 Å². The smallest absolute Gasteiger partial charge is 0.276 e. The van der Waals surface area contributed by atoms with Crippen molar-refractivity contribution in [3.63, 3.8) is 0 Å². The maximum atomic E-state index is 11.9. The fraction of sp³-hybridized carbons (Fsp3) is 0.556. The van der Waals surface area contributed by atoms with E-state index in [-0.39, 0.29) is 11.6 Å². The Morgan fingerprint density at radius 1 is 1.33 bits per heavy atom. The second kappa shape index (κ2) is 4.78. The largest absolute Gasteiger partial charge is 0.447 e. The quantitative estimate of drug-likeness (QED) is 0.813. The van der Waals surface area contributed by atoms with Gasteiger partial charge >= 0.3 is 0 Å². The number of nitrogens with zero attached hydrogens (tertiary/aromatic N) is 1. The normalized spacial score (nSPS) is 12.3. The molecule has 0 fully saturated rings. The maximum absolute atomic E-state index is 11.9. The summed E-state index contributed by atoms with van der Waals surface area (Å²) in [7, 11) is -3.48. The third-order valence-corrected chi connectivity index (χ3v) is 4.06. The third-order valence-electron chi connectivity index (χ3n) is 2.14. The number of hydrogen-bond acceptors (Lipinski definition) is 4. The van der Waals surface area contributed by atoms with Crippen molar-refractivity contribution in [2.75, 3.05) is 13.1 Å². The number of furan rings is 1. The summed E-state index contributed by atoms with van der Waals surface area (Å²) in [6.45, 7) is 4.63. The lowest BCUT2D eigenvalue weighted by atomic mass is 10.5. The number of nitrogens with two attached hydrogens (primary N) is 1. The van der Waals surface area contributed by atoms with E-state index >= 15 is 0 Å². The minimum absolute atomic E-state index is 0.0355. The Morgan fingerprint density at radius 3 is 2.33 bits per heavy atom. The molecule has 0 saturated heterocycles. The highest BCUT2D eigenvalue weighted by atomic mass is 32.2. The van der Waals surface area contributed by atoms with Crippen LogP contribution in [-0.4, -0.2) is 25.8 Å². The molecule has 0 spiro atoms. The Kier molecular flexibility index (Phi) is 3.90. The Hall–Kier alpha value is -0.850. The van der Waals surface area contributed by atoms with E-state index in [0.717, 1.165) is 0 Å². The van der Waals surface area contributed by atoms with Gasteiger partial charge in [0.15, 0.2) is 0 Å². The van der Waals surface area contributed by atoms with Crippen LogP contribution in [-0.2, 0) is 16.6 Å². The van der Waals surface area contributed by atoms with Crippen LogP contribution in [0.2, 0.25) is 0 Å². The highest BCUT2D eigenvalue weighted by Crippen LogP contribution is 2.18. The summed E-state index contributed by atoms with van der Waals surface area (Å²) < 4.78 is 30.3. The van der Waals surface area contributed by atoms with Crippen molar-refractivity contribution in [1.29, 1.82) is 0 Å². The van der Waals surface area contributed by atoms with Gasteiger partial charge < -0.3 is 10.2 Å². The Morgan fingerprint density at radius 2 is 1.93 bits per heavy atom. The molecule has 1 aromatic heterocycles. The molecular weight excluding hydrogens is 216 g/mol. The first-order chi connectivity index (χ1) is 7.06. The maximum Gasteiger partial charge on any atom is 0.276 e. The number of rotatable bonds is 5. The summed E-state index contributed by atoms with van der Waals surface area (Å²) in [4.78, 5) is 0. The minimum atomic E-state index is -3.48. The van der Waals surface area contributed by atoms with Crippen LogP contribution in [0.3, 0.4) is 0 Å². The molecule has 0 bridgehead atoms. The monoisotopic (exact) mass is 232 g/mol. The van der Waals surface area contributed by atoms with Crippen molar-refractivity contribution >= 4 is 10.0 Å². The molecule has 0 unspecified atom stereocenters. The van der Waals surface area contributed by atoms with Crippen LogP contribution in [0.1, 0.15) is 19.6 Å². The lowest BCUT2D eigenvalue weighted by molar-refractivity contribution is 0.380. The zero-order chi connectivity index (χ0) is 11.5. The molecule has 0 radical (unpaired) electrons. The van der Waals surface area contributed by atoms with Crippen molar-refractivity contribution < 1.29 is 12.8 Å². The molecule has 2 N–H and O–H groups in total. The molecule has 1 heterocycles. The molecule has 0 atom stereocenters. The molecule has 5 nitrogen and oxygen atoms in total. The summed E-state index contributed by atoms with van der Waals surface area (Å²) in [5, 5.41) is -0.0355. The lowest BCUT2D eigenvalue weighted by Gasteiger charge is -2.16. The first kappa shape index (κ1) is 12.2. The van der Waals surface area contributed by atoms with Gasteiger partial charge in [-0.2, -0.15) is 4.31 Å². The van der Waals surface area contributed by atoms with Gasteiger partial charge in [-0.05, 0) is 12.1 Å². The molecule has 0 aliphatic carbocycles. The fourth-order valence-electron chi connectivity index (χ4n) is 1.30. The van der Waals surface area contributed by atoms with Gasteiger partial charge in [-0.1, -0.05) is 13.8 Å². The summed E-state index contributed by atoms with van der Waals surface area (Å²) in [5.41, 5.74) is 5.35. The second-order valence-corrected chi connectivity index (χ2v) is 4.88. The van der Waals surface area contributed by atoms with Crippen LogP contribution in [0.5, 0.6) is 0 Å². The van der Waals surface area contributed by atoms with Gasteiger partial charge in [0.25, 0.3) is 10.0 Å². The van der Waals surface area contributed by atoms with Gasteiger partial charge in [0.05, 0.1) is 6.54 Å². The zero-order valence-electron chi connectivity index (χ0n) is 8.93. The molecule has 1 rings (SSSR count). The van der Waals surface area contributed by atoms with Crippen LogP contribution < -0.4 is 5.73 Å². The summed E-state index contributed by atoms with van der Waals surface area (Å²) in [5.74, 6) is 0.473. The third kappa shape index (κ3) is 2.39. The molecule has 15 heavy (non-hydrogen) atoms. The van der Waals surface area contributed by atoms with Gasteiger partial charge in [0, 0.05) is 13.1 Å². The van der Waals surface area contributed by atoms with E-state index in [4.69, 9.17) is 10.2 Å². The van der Waals surface area contributed by atoms with Gasteiger partial charge in [0.2, 0.25) is 5.09 Å². The van der Waals surface area contributed by atoms with Crippen molar-refractivity contribution in [3.8, 4) is 0 Å². The fourth-order valence-corrected chi connectivity index (χ4v) is 2.68. The average molecular weight is 232 g/mol. The summed E-state index contributed by atoms with van der Waals surface area (Å²) in [6.07, 6.45) is 0. The van der Waals surface area contributed by atoms with Gasteiger partial charge in [-0.3, -0.25) is 0 Å². The van der Waals surface area contributed by atoms with Crippen LogP contribution in [0.4, 0.5) is 0 Å². The van der Waals surface area contributed by atoms with Crippen molar-refractivity contribution in [2.45, 2.75) is 25.5 Å². The zero-order valence-corrected chi connectivity index (χ0v) is 9.75. The van der Waals surface area contributed by atoms with Crippen LogP contribution in [0, 0.1) is 0 Å². The minimum Gasteiger partial charge on any atom is -0.447 e. The second-order valence-electron chi connectivity index (χ2n) is 3.01. The summed E-state index contributed by atoms with van der Waals surface area (Å²) in [6, 6.07) is 3.02. The molecule has 0 saturated carbocycles. The van der Waals surface area contributed by atoms with Gasteiger partial charge in [-0.15, -0.1) is 0 Å². The van der Waals surface area contributed by atoms with E-state index in [0.29, 0.717) is 18.8 Å². The van der Waals surface area contributed by atoms with Crippen LogP contribution in [0.15, 0.2) is 21.6 Å². The Balaban J connectivity index is 3.04. The SMILES string of the molecule is CCN(CC)S(=O)(=O)c1ccc(CN)o1. The van der Waals surface area contributed by atoms with E-state index in [9.17, 15) is 8.42 Å². The number of sulfonamides is 1. The molecule has 0 aromatic carbocycles. The van der Waals surface area contributed by atoms with Crippen LogP contribution in [0.25, 0.3) is 0 Å². The first-order valence-electron chi connectivity index (χ1n) is 4.85. The van der Waals surface area contributed by atoms with E-state index in [1.54, 1.807) is 19.9 Å². The van der Waals surface area contributed by atoms with Crippen LogP contribution >= 0.6 is 0 Å². The highest BCUT2D eigenvalue weighted by Gasteiger charge is 2.24. The average Bonchev–Trinajstić information content (AvgIpc) is 2.67. The lowest BCUT2D eigenvalue weighted by Crippen LogP contribution is -2.30. The van der Waals surface area contributed by atoms with E-state index in [1.165, 1.54) is 10.4 Å². The molecule has 0 aliphatic rings.